The highest BCUT2D eigenvalue weighted by Gasteiger charge is 2.19. The van der Waals surface area contributed by atoms with E-state index in [1.54, 1.807) is 0 Å². The van der Waals surface area contributed by atoms with E-state index in [1.165, 1.54) is 11.8 Å². The van der Waals surface area contributed by atoms with Gasteiger partial charge in [0.15, 0.2) is 11.0 Å². The van der Waals surface area contributed by atoms with Crippen molar-refractivity contribution in [2.75, 3.05) is 5.75 Å². The van der Waals surface area contributed by atoms with Crippen LogP contribution in [0.25, 0.3) is 11.4 Å². The van der Waals surface area contributed by atoms with Crippen LogP contribution >= 0.6 is 11.8 Å². The predicted octanol–water partition coefficient (Wildman–Crippen LogP) is 2.20. The summed E-state index contributed by atoms with van der Waals surface area (Å²) >= 11 is 1.23. The van der Waals surface area contributed by atoms with Crippen LogP contribution in [-0.2, 0) is 4.79 Å². The molecule has 0 saturated carbocycles. The van der Waals surface area contributed by atoms with E-state index in [-0.39, 0.29) is 11.8 Å². The molecule has 23 heavy (non-hydrogen) atoms. The van der Waals surface area contributed by atoms with E-state index in [9.17, 15) is 9.59 Å². The molecule has 7 nitrogen and oxygen atoms in total. The second kappa shape index (κ2) is 7.77. The molecule has 0 spiro atoms. The number of imide groups is 1. The van der Waals surface area contributed by atoms with Gasteiger partial charge in [-0.2, -0.15) is 0 Å². The van der Waals surface area contributed by atoms with E-state index in [1.807, 2.05) is 40.2 Å². The van der Waals surface area contributed by atoms with Gasteiger partial charge >= 0.3 is 6.03 Å². The van der Waals surface area contributed by atoms with Crippen molar-refractivity contribution >= 4 is 23.7 Å². The van der Waals surface area contributed by atoms with Crippen molar-refractivity contribution in [2.24, 2.45) is 5.73 Å². The summed E-state index contributed by atoms with van der Waals surface area (Å²) in [4.78, 5) is 22.2. The molecular weight excluding hydrogens is 314 g/mol. The summed E-state index contributed by atoms with van der Waals surface area (Å²) in [6.07, 6.45) is 0.902. The molecule has 0 aliphatic heterocycles. The quantitative estimate of drug-likeness (QED) is 0.789. The smallest absolute Gasteiger partial charge is 0.318 e. The zero-order valence-corrected chi connectivity index (χ0v) is 13.8. The van der Waals surface area contributed by atoms with Crippen molar-refractivity contribution in [1.82, 2.24) is 20.1 Å². The van der Waals surface area contributed by atoms with Crippen LogP contribution in [0.15, 0.2) is 35.5 Å². The fourth-order valence-electron chi connectivity index (χ4n) is 2.04. The normalized spacial score (nSPS) is 11.9. The molecule has 0 unspecified atom stereocenters. The van der Waals surface area contributed by atoms with Gasteiger partial charge in [0.25, 0.3) is 0 Å². The second-order valence-electron chi connectivity index (χ2n) is 5.00. The number of hydrogen-bond donors (Lipinski definition) is 2. The Balaban J connectivity index is 2.25. The van der Waals surface area contributed by atoms with Gasteiger partial charge in [-0.1, -0.05) is 49.0 Å². The van der Waals surface area contributed by atoms with Crippen LogP contribution in [0.1, 0.15) is 26.3 Å². The molecule has 3 N–H and O–H groups in total. The maximum Gasteiger partial charge on any atom is 0.318 e. The lowest BCUT2D eigenvalue weighted by molar-refractivity contribution is -0.117. The topological polar surface area (TPSA) is 103 Å². The minimum atomic E-state index is -0.857. The molecule has 0 radical (unpaired) electrons. The number of nitrogens with zero attached hydrogens (tertiary/aromatic N) is 3. The summed E-state index contributed by atoms with van der Waals surface area (Å²) < 4.78 is 2.01. The average molecular weight is 333 g/mol. The van der Waals surface area contributed by atoms with Crippen molar-refractivity contribution in [3.8, 4) is 11.4 Å². The van der Waals surface area contributed by atoms with Crippen LogP contribution in [-0.4, -0.2) is 32.5 Å². The van der Waals surface area contributed by atoms with Gasteiger partial charge in [-0.05, 0) is 13.3 Å². The van der Waals surface area contributed by atoms with E-state index in [0.717, 1.165) is 17.8 Å². The standard InChI is InChI=1S/C15H19N5O2S/c1-3-10(2)20-13(11-7-5-4-6-8-11)18-19-15(20)23-9-12(21)17-14(16)22/h4-8,10H,3,9H2,1-2H3,(H3,16,17,21,22)/t10-/m0/s1. The summed E-state index contributed by atoms with van der Waals surface area (Å²) in [6, 6.07) is 9.09. The minimum Gasteiger partial charge on any atom is -0.351 e. The fraction of sp³-hybridized carbons (Fsp3) is 0.333. The third-order valence-corrected chi connectivity index (χ3v) is 4.27. The number of aromatic nitrogens is 3. The van der Waals surface area contributed by atoms with Crippen molar-refractivity contribution in [3.05, 3.63) is 30.3 Å². The van der Waals surface area contributed by atoms with E-state index in [4.69, 9.17) is 5.73 Å². The lowest BCUT2D eigenvalue weighted by Crippen LogP contribution is -2.36. The van der Waals surface area contributed by atoms with Gasteiger partial charge in [0.05, 0.1) is 5.75 Å². The molecule has 1 heterocycles. The number of nitrogens with one attached hydrogen (secondary N) is 1. The molecule has 8 heteroatoms. The fourth-order valence-corrected chi connectivity index (χ4v) is 2.88. The Labute approximate surface area is 138 Å². The van der Waals surface area contributed by atoms with Crippen LogP contribution in [0.5, 0.6) is 0 Å². The predicted molar refractivity (Wildman–Crippen MR) is 88.9 cm³/mol. The van der Waals surface area contributed by atoms with Crippen molar-refractivity contribution in [2.45, 2.75) is 31.5 Å². The first-order chi connectivity index (χ1) is 11.0. The number of rotatable bonds is 6. The zero-order valence-electron chi connectivity index (χ0n) is 13.0. The molecule has 1 atom stereocenters. The van der Waals surface area contributed by atoms with Gasteiger partial charge < -0.3 is 5.73 Å². The Morgan fingerprint density at radius 3 is 2.61 bits per heavy atom. The number of amides is 3. The van der Waals surface area contributed by atoms with E-state index >= 15 is 0 Å². The number of primary amides is 1. The summed E-state index contributed by atoms with van der Waals surface area (Å²) in [5.74, 6) is 0.354. The van der Waals surface area contributed by atoms with Crippen LogP contribution in [0, 0.1) is 0 Å². The summed E-state index contributed by atoms with van der Waals surface area (Å²) in [7, 11) is 0. The monoisotopic (exact) mass is 333 g/mol. The number of benzene rings is 1. The first-order valence-electron chi connectivity index (χ1n) is 7.25. The molecule has 0 bridgehead atoms. The van der Waals surface area contributed by atoms with Gasteiger partial charge in [-0.3, -0.25) is 14.7 Å². The number of carbonyl (C=O) groups excluding carboxylic acids is 2. The van der Waals surface area contributed by atoms with Crippen molar-refractivity contribution in [1.29, 1.82) is 0 Å². The van der Waals surface area contributed by atoms with Gasteiger partial charge in [-0.25, -0.2) is 4.79 Å². The largest absolute Gasteiger partial charge is 0.351 e. The molecule has 0 aliphatic rings. The van der Waals surface area contributed by atoms with E-state index in [2.05, 4.69) is 24.0 Å². The Kier molecular flexibility index (Phi) is 5.75. The highest BCUT2D eigenvalue weighted by atomic mass is 32.2. The van der Waals surface area contributed by atoms with E-state index in [0.29, 0.717) is 5.16 Å². The van der Waals surface area contributed by atoms with Crippen LogP contribution in [0.3, 0.4) is 0 Å². The maximum atomic E-state index is 11.6. The van der Waals surface area contributed by atoms with Gasteiger partial charge in [0.1, 0.15) is 0 Å². The lowest BCUT2D eigenvalue weighted by Gasteiger charge is -2.16. The molecule has 2 rings (SSSR count). The molecule has 122 valence electrons. The molecule has 3 amide bonds. The summed E-state index contributed by atoms with van der Waals surface area (Å²) in [6.45, 7) is 4.15. The van der Waals surface area contributed by atoms with E-state index < -0.39 is 11.9 Å². The van der Waals surface area contributed by atoms with Gasteiger partial charge in [-0.15, -0.1) is 10.2 Å². The molecule has 1 aromatic carbocycles. The van der Waals surface area contributed by atoms with Crippen LogP contribution in [0.4, 0.5) is 4.79 Å². The molecule has 1 aromatic heterocycles. The summed E-state index contributed by atoms with van der Waals surface area (Å²) in [5.41, 5.74) is 5.90. The van der Waals surface area contributed by atoms with Crippen LogP contribution < -0.4 is 11.1 Å². The Hall–Kier alpha value is -2.35. The van der Waals surface area contributed by atoms with Crippen molar-refractivity contribution in [3.63, 3.8) is 0 Å². The highest BCUT2D eigenvalue weighted by molar-refractivity contribution is 7.99. The number of hydrogen-bond acceptors (Lipinski definition) is 5. The third-order valence-electron chi connectivity index (χ3n) is 3.32. The van der Waals surface area contributed by atoms with Gasteiger partial charge in [0, 0.05) is 11.6 Å². The van der Waals surface area contributed by atoms with Crippen LogP contribution in [0.2, 0.25) is 0 Å². The maximum absolute atomic E-state index is 11.6. The zero-order chi connectivity index (χ0) is 16.8. The molecule has 0 fully saturated rings. The molecule has 0 aliphatic carbocycles. The molecular formula is C15H19N5O2S. The molecule has 0 saturated heterocycles. The number of urea groups is 1. The SMILES string of the molecule is CC[C@H](C)n1c(SCC(=O)NC(N)=O)nnc1-c1ccccc1. The minimum absolute atomic E-state index is 0.0479. The Morgan fingerprint density at radius 1 is 1.30 bits per heavy atom. The number of thioether (sulfide) groups is 1. The average Bonchev–Trinajstić information content (AvgIpc) is 2.96. The lowest BCUT2D eigenvalue weighted by atomic mass is 10.2. The second-order valence-corrected chi connectivity index (χ2v) is 5.94. The first-order valence-corrected chi connectivity index (χ1v) is 8.23. The Bertz CT molecular complexity index is 686. The third kappa shape index (κ3) is 4.32. The Morgan fingerprint density at radius 2 is 2.00 bits per heavy atom. The highest BCUT2D eigenvalue weighted by Crippen LogP contribution is 2.28. The van der Waals surface area contributed by atoms with Gasteiger partial charge in [0.2, 0.25) is 5.91 Å². The first kappa shape index (κ1) is 17.0. The van der Waals surface area contributed by atoms with Crippen molar-refractivity contribution < 1.29 is 9.59 Å². The summed E-state index contributed by atoms with van der Waals surface area (Å²) in [5, 5.41) is 11.1. The number of carbonyl (C=O) groups is 2. The number of nitrogens with two attached hydrogens (primary N) is 1. The molecule has 2 aromatic rings.